The summed E-state index contributed by atoms with van der Waals surface area (Å²) in [7, 11) is -4.20. The molecule has 33 heavy (non-hydrogen) atoms. The normalized spacial score (nSPS) is 16.4. The fourth-order valence-electron chi connectivity index (χ4n) is 1.31. The first kappa shape index (κ1) is 40.5. The summed E-state index contributed by atoms with van der Waals surface area (Å²) in [5.74, 6) is 0. The minimum Gasteiger partial charge on any atom is -0.412 e. The van der Waals surface area contributed by atoms with E-state index >= 15 is 0 Å². The van der Waals surface area contributed by atoms with Gasteiger partial charge in [0.2, 0.25) is 0 Å². The Morgan fingerprint density at radius 2 is 0.606 bits per heavy atom. The van der Waals surface area contributed by atoms with E-state index in [0.29, 0.717) is 0 Å². The van der Waals surface area contributed by atoms with E-state index in [4.69, 9.17) is 53.4 Å². The summed E-state index contributed by atoms with van der Waals surface area (Å²) in [5, 5.41) is 97.0. The monoisotopic (exact) mass is 550 g/mol. The zero-order chi connectivity index (χ0) is 24.3. The molecule has 0 aliphatic heterocycles. The molecule has 0 rings (SSSR count). The Morgan fingerprint density at radius 1 is 0.424 bits per heavy atom. The van der Waals surface area contributed by atoms with Gasteiger partial charge in [0.05, 0.1) is 90.5 Å². The number of hydrogen-bond donors (Lipinski definition) is 11. The van der Waals surface area contributed by atoms with Crippen LogP contribution < -0.4 is 0 Å². The van der Waals surface area contributed by atoms with Crippen molar-refractivity contribution in [3.8, 4) is 0 Å². The summed E-state index contributed by atoms with van der Waals surface area (Å²) >= 11 is 0. The molecule has 16 nitrogen and oxygen atoms in total. The summed E-state index contributed by atoms with van der Waals surface area (Å²) in [6.07, 6.45) is -6.19. The standard InChI is InChI=1S/C12H28O12Si.C3H8O3.H2O.Ti/c13-1-9(17)5-21-25(22-6-10(18)2-14,23-7-11(19)3-15)24-8-12(20)4-16;4-1-3(6)2-5;;/h9-20H,1-8H2;3-6H,1-2H2;1H2;/q;;;+4. The van der Waals surface area contributed by atoms with Crippen molar-refractivity contribution < 1.29 is 101 Å². The first-order chi connectivity index (χ1) is 14.6. The van der Waals surface area contributed by atoms with E-state index in [2.05, 4.69) is 0 Å². The Bertz CT molecular complexity index is 335. The van der Waals surface area contributed by atoms with Crippen molar-refractivity contribution in [3.63, 3.8) is 0 Å². The molecule has 0 spiro atoms. The SMILES string of the molecule is O.OCC(O)CO.OCC(O)CO[Si](OCC(O)CO)(OCC(O)CO)OCC(O)CO.[Ti+4]. The molecule has 0 saturated heterocycles. The van der Waals surface area contributed by atoms with E-state index in [1.165, 1.54) is 0 Å². The molecule has 0 heterocycles. The molecule has 0 radical (unpaired) electrons. The Balaban J connectivity index is -0.000000462. The van der Waals surface area contributed by atoms with Gasteiger partial charge in [0.25, 0.3) is 0 Å². The van der Waals surface area contributed by atoms with Gasteiger partial charge in [0, 0.05) is 0 Å². The van der Waals surface area contributed by atoms with E-state index < -0.39 is 92.4 Å². The predicted octanol–water partition coefficient (Wildman–Crippen LogP) is -7.59. The maximum absolute atomic E-state index is 9.40. The Labute approximate surface area is 206 Å². The van der Waals surface area contributed by atoms with E-state index in [1.54, 1.807) is 0 Å². The quantitative estimate of drug-likeness (QED) is 0.0707. The van der Waals surface area contributed by atoms with Gasteiger partial charge in [-0.15, -0.1) is 0 Å². The summed E-state index contributed by atoms with van der Waals surface area (Å²) < 4.78 is 21.0. The minimum absolute atomic E-state index is 0. The van der Waals surface area contributed by atoms with Gasteiger partial charge in [0.1, 0.15) is 6.10 Å². The first-order valence-electron chi connectivity index (χ1n) is 9.24. The van der Waals surface area contributed by atoms with Crippen molar-refractivity contribution >= 4 is 9.05 Å². The maximum atomic E-state index is 9.40. The van der Waals surface area contributed by atoms with Gasteiger partial charge in [-0.1, -0.05) is 0 Å². The fraction of sp³-hybridized carbons (Fsp3) is 1.00. The minimum atomic E-state index is -4.20. The molecule has 4 atom stereocenters. The molecule has 0 aromatic carbocycles. The molecule has 198 valence electrons. The van der Waals surface area contributed by atoms with Crippen molar-refractivity contribution in [3.05, 3.63) is 0 Å². The largest absolute Gasteiger partial charge is 4.00 e. The zero-order valence-corrected chi connectivity index (χ0v) is 20.6. The molecule has 13 N–H and O–H groups in total. The van der Waals surface area contributed by atoms with Crippen LogP contribution in [-0.4, -0.2) is 167 Å². The second kappa shape index (κ2) is 25.4. The molecule has 0 aromatic heterocycles. The van der Waals surface area contributed by atoms with Crippen LogP contribution >= 0.6 is 0 Å². The Hall–Kier alpha value is 0.291. The number of aliphatic hydroxyl groups is 11. The molecule has 0 bridgehead atoms. The molecular formula is C15H38O16SiTi+4. The first-order valence-corrected chi connectivity index (χ1v) is 10.9. The van der Waals surface area contributed by atoms with Gasteiger partial charge in [-0.05, 0) is 0 Å². The number of aliphatic hydroxyl groups excluding tert-OH is 11. The van der Waals surface area contributed by atoms with Crippen LogP contribution in [0.25, 0.3) is 0 Å². The van der Waals surface area contributed by atoms with Gasteiger partial charge in [-0.2, -0.15) is 0 Å². The van der Waals surface area contributed by atoms with Crippen LogP contribution in [0.4, 0.5) is 0 Å². The van der Waals surface area contributed by atoms with Crippen LogP contribution in [0.15, 0.2) is 0 Å². The van der Waals surface area contributed by atoms with Crippen molar-refractivity contribution in [1.29, 1.82) is 0 Å². The number of rotatable bonds is 18. The molecule has 4 unspecified atom stereocenters. The predicted molar refractivity (Wildman–Crippen MR) is 106 cm³/mol. The maximum Gasteiger partial charge on any atom is 4.00 e. The molecule has 0 aromatic rings. The van der Waals surface area contributed by atoms with Crippen LogP contribution in [-0.2, 0) is 39.4 Å². The van der Waals surface area contributed by atoms with Crippen molar-refractivity contribution in [2.75, 3.05) is 66.1 Å². The van der Waals surface area contributed by atoms with Gasteiger partial charge in [0.15, 0.2) is 0 Å². The fourth-order valence-corrected chi connectivity index (χ4v) is 3.40. The van der Waals surface area contributed by atoms with Gasteiger partial charge < -0.3 is 79.4 Å². The second-order valence-electron chi connectivity index (χ2n) is 6.11. The topological polar surface area (TPSA) is 291 Å². The third-order valence-corrected chi connectivity index (χ3v) is 5.16. The zero-order valence-electron chi connectivity index (χ0n) is 18.0. The molecular weight excluding hydrogens is 512 g/mol. The van der Waals surface area contributed by atoms with Crippen molar-refractivity contribution in [1.82, 2.24) is 0 Å². The average Bonchev–Trinajstić information content (AvgIpc) is 2.81. The van der Waals surface area contributed by atoms with E-state index in [-0.39, 0.29) is 40.4 Å². The van der Waals surface area contributed by atoms with Crippen LogP contribution in [0, 0.1) is 0 Å². The van der Waals surface area contributed by atoms with Crippen molar-refractivity contribution in [2.45, 2.75) is 30.5 Å². The van der Waals surface area contributed by atoms with E-state index in [0.717, 1.165) is 0 Å². The molecule has 0 aliphatic rings. The third kappa shape index (κ3) is 22.5. The molecule has 0 amide bonds. The molecule has 0 aliphatic carbocycles. The Morgan fingerprint density at radius 3 is 0.727 bits per heavy atom. The summed E-state index contributed by atoms with van der Waals surface area (Å²) in [6, 6.07) is 0. The van der Waals surface area contributed by atoms with Gasteiger partial charge >= 0.3 is 30.8 Å². The summed E-state index contributed by atoms with van der Waals surface area (Å²) in [6.45, 7) is -5.27. The van der Waals surface area contributed by atoms with Crippen molar-refractivity contribution in [2.24, 2.45) is 0 Å². The van der Waals surface area contributed by atoms with E-state index in [1.807, 2.05) is 0 Å². The van der Waals surface area contributed by atoms with Crippen LogP contribution in [0.3, 0.4) is 0 Å². The van der Waals surface area contributed by atoms with Crippen LogP contribution in [0.1, 0.15) is 0 Å². The summed E-state index contributed by atoms with van der Waals surface area (Å²) in [5.41, 5.74) is 0. The molecule has 0 fully saturated rings. The summed E-state index contributed by atoms with van der Waals surface area (Å²) in [4.78, 5) is 0. The number of hydrogen-bond acceptors (Lipinski definition) is 15. The van der Waals surface area contributed by atoms with E-state index in [9.17, 15) is 20.4 Å². The Kier molecular flexibility index (Phi) is 31.1. The third-order valence-electron chi connectivity index (χ3n) is 3.07. The average molecular weight is 550 g/mol. The second-order valence-corrected chi connectivity index (χ2v) is 8.26. The smallest absolute Gasteiger partial charge is 0.412 e. The van der Waals surface area contributed by atoms with Crippen LogP contribution in [0.5, 0.6) is 0 Å². The molecule has 18 heteroatoms. The van der Waals surface area contributed by atoms with Gasteiger partial charge in [-0.25, -0.2) is 0 Å². The van der Waals surface area contributed by atoms with Crippen LogP contribution in [0.2, 0.25) is 0 Å². The van der Waals surface area contributed by atoms with Gasteiger partial charge in [-0.3, -0.25) is 0 Å². The molecule has 0 saturated carbocycles.